The molecule has 0 bridgehead atoms. The minimum absolute atomic E-state index is 0.950. The minimum Gasteiger partial charge on any atom is -0.292 e. The highest BCUT2D eigenvalue weighted by atomic mass is 15.1. The number of nitrogens with zero attached hydrogens (tertiary/aromatic N) is 2. The lowest BCUT2D eigenvalue weighted by atomic mass is 9.87. The molecule has 0 aliphatic heterocycles. The molecule has 10 rings (SSSR count). The first-order chi connectivity index (χ1) is 24.7. The van der Waals surface area contributed by atoms with E-state index >= 15 is 0 Å². The van der Waals surface area contributed by atoms with Crippen molar-refractivity contribution in [3.05, 3.63) is 181 Å². The van der Waals surface area contributed by atoms with Crippen LogP contribution in [0.3, 0.4) is 0 Å². The van der Waals surface area contributed by atoms with E-state index < -0.39 is 0 Å². The van der Waals surface area contributed by atoms with Gasteiger partial charge in [-0.2, -0.15) is 0 Å². The van der Waals surface area contributed by atoms with Gasteiger partial charge in [0.15, 0.2) is 0 Å². The molecule has 0 unspecified atom stereocenters. The predicted molar refractivity (Wildman–Crippen MR) is 212 cm³/mol. The van der Waals surface area contributed by atoms with Crippen LogP contribution in [0.4, 0.5) is 0 Å². The molecule has 0 atom stereocenters. The van der Waals surface area contributed by atoms with Gasteiger partial charge in [-0.05, 0) is 115 Å². The van der Waals surface area contributed by atoms with Crippen LogP contribution in [0.1, 0.15) is 5.56 Å². The number of para-hydroxylation sites is 3. The quantitative estimate of drug-likeness (QED) is 0.176. The Balaban J connectivity index is 1.18. The van der Waals surface area contributed by atoms with Gasteiger partial charge in [0.1, 0.15) is 5.82 Å². The molecule has 10 aromatic rings. The molecule has 234 valence electrons. The SMILES string of the molecule is Cc1ccc2cc(-c3ccc4cc(-c5c6ccccc6c(-c6nc7ccccc7n6-c6ccccc6)c6ccccc56)ccc4c3)ccc2c1. The maximum Gasteiger partial charge on any atom is 0.146 e. The first kappa shape index (κ1) is 28.5. The van der Waals surface area contributed by atoms with Crippen molar-refractivity contribution in [1.29, 1.82) is 0 Å². The zero-order valence-electron chi connectivity index (χ0n) is 27.6. The van der Waals surface area contributed by atoms with E-state index in [1.807, 2.05) is 0 Å². The van der Waals surface area contributed by atoms with Gasteiger partial charge in [0, 0.05) is 11.3 Å². The van der Waals surface area contributed by atoms with Gasteiger partial charge in [-0.3, -0.25) is 4.57 Å². The molecule has 0 aliphatic rings. The van der Waals surface area contributed by atoms with Crippen LogP contribution in [0.25, 0.3) is 93.5 Å². The topological polar surface area (TPSA) is 17.8 Å². The lowest BCUT2D eigenvalue weighted by molar-refractivity contribution is 1.11. The van der Waals surface area contributed by atoms with Crippen LogP contribution in [0.2, 0.25) is 0 Å². The van der Waals surface area contributed by atoms with Crippen molar-refractivity contribution in [2.24, 2.45) is 0 Å². The molecule has 0 amide bonds. The molecule has 0 radical (unpaired) electrons. The Morgan fingerprint density at radius 3 is 1.52 bits per heavy atom. The summed E-state index contributed by atoms with van der Waals surface area (Å²) in [6.45, 7) is 2.15. The van der Waals surface area contributed by atoms with Crippen LogP contribution in [0.15, 0.2) is 176 Å². The molecule has 0 aliphatic carbocycles. The number of hydrogen-bond donors (Lipinski definition) is 0. The highest BCUT2D eigenvalue weighted by molar-refractivity contribution is 6.21. The monoisotopic (exact) mass is 636 g/mol. The molecule has 2 nitrogen and oxygen atoms in total. The zero-order chi connectivity index (χ0) is 33.2. The number of hydrogen-bond acceptors (Lipinski definition) is 1. The standard InChI is InChI=1S/C48H32N2/c1-31-19-20-33-28-34(22-21-32(33)27-31)35-23-24-37-30-38(26-25-36(37)29-35)46-40-13-5-7-15-42(40)47(43-16-8-6-14-41(43)46)48-49-44-17-9-10-18-45(44)50(48)39-11-3-2-4-12-39/h2-30H,1H3. The molecule has 50 heavy (non-hydrogen) atoms. The summed E-state index contributed by atoms with van der Waals surface area (Å²) < 4.78 is 2.31. The molecule has 9 aromatic carbocycles. The Labute approximate surface area is 290 Å². The van der Waals surface area contributed by atoms with Crippen molar-refractivity contribution < 1.29 is 0 Å². The van der Waals surface area contributed by atoms with Crippen molar-refractivity contribution in [2.75, 3.05) is 0 Å². The van der Waals surface area contributed by atoms with E-state index in [0.717, 1.165) is 28.1 Å². The summed E-state index contributed by atoms with van der Waals surface area (Å²) in [4.78, 5) is 5.32. The fourth-order valence-corrected chi connectivity index (χ4v) is 7.84. The first-order valence-corrected chi connectivity index (χ1v) is 17.2. The number of aryl methyl sites for hydroxylation is 1. The van der Waals surface area contributed by atoms with Crippen LogP contribution < -0.4 is 0 Å². The summed E-state index contributed by atoms with van der Waals surface area (Å²) in [5, 5.41) is 9.83. The van der Waals surface area contributed by atoms with E-state index in [-0.39, 0.29) is 0 Å². The average molecular weight is 637 g/mol. The van der Waals surface area contributed by atoms with Crippen molar-refractivity contribution >= 4 is 54.1 Å². The largest absolute Gasteiger partial charge is 0.292 e. The maximum absolute atomic E-state index is 5.32. The van der Waals surface area contributed by atoms with Gasteiger partial charge in [-0.25, -0.2) is 4.98 Å². The summed E-state index contributed by atoms with van der Waals surface area (Å²) in [5.41, 5.74) is 10.5. The van der Waals surface area contributed by atoms with E-state index in [9.17, 15) is 0 Å². The molecule has 1 heterocycles. The van der Waals surface area contributed by atoms with Crippen LogP contribution in [0, 0.1) is 6.92 Å². The molecule has 0 spiro atoms. The molecule has 0 N–H and O–H groups in total. The fraction of sp³-hybridized carbons (Fsp3) is 0.0208. The number of fused-ring (bicyclic) bond motifs is 5. The minimum atomic E-state index is 0.950. The van der Waals surface area contributed by atoms with E-state index in [1.165, 1.54) is 70.9 Å². The molecule has 0 saturated carbocycles. The van der Waals surface area contributed by atoms with Gasteiger partial charge in [-0.1, -0.05) is 139 Å². The zero-order valence-corrected chi connectivity index (χ0v) is 27.6. The number of aromatic nitrogens is 2. The second-order valence-corrected chi connectivity index (χ2v) is 13.3. The number of rotatable bonds is 4. The molecule has 0 saturated heterocycles. The molecule has 0 fully saturated rings. The first-order valence-electron chi connectivity index (χ1n) is 17.2. The van der Waals surface area contributed by atoms with Gasteiger partial charge in [0.25, 0.3) is 0 Å². The summed E-state index contributed by atoms with van der Waals surface area (Å²) in [7, 11) is 0. The lowest BCUT2D eigenvalue weighted by Crippen LogP contribution is -1.99. The van der Waals surface area contributed by atoms with Crippen molar-refractivity contribution in [1.82, 2.24) is 9.55 Å². The fourth-order valence-electron chi connectivity index (χ4n) is 7.84. The van der Waals surface area contributed by atoms with Gasteiger partial charge >= 0.3 is 0 Å². The third-order valence-corrected chi connectivity index (χ3v) is 10.2. The van der Waals surface area contributed by atoms with Crippen LogP contribution in [-0.4, -0.2) is 9.55 Å². The Hall–Kier alpha value is -6.51. The summed E-state index contributed by atoms with van der Waals surface area (Å²) >= 11 is 0. The van der Waals surface area contributed by atoms with Crippen LogP contribution in [-0.2, 0) is 0 Å². The van der Waals surface area contributed by atoms with Crippen molar-refractivity contribution in [2.45, 2.75) is 6.92 Å². The third kappa shape index (κ3) is 4.53. The summed E-state index contributed by atoms with van der Waals surface area (Å²) in [6.07, 6.45) is 0. The second-order valence-electron chi connectivity index (χ2n) is 13.3. The molecular weight excluding hydrogens is 605 g/mol. The smallest absolute Gasteiger partial charge is 0.146 e. The summed E-state index contributed by atoms with van der Waals surface area (Å²) in [5.74, 6) is 0.950. The molecule has 2 heteroatoms. The lowest BCUT2D eigenvalue weighted by Gasteiger charge is -2.18. The number of imidazole rings is 1. The average Bonchev–Trinajstić information content (AvgIpc) is 3.55. The number of benzene rings is 9. The van der Waals surface area contributed by atoms with Gasteiger partial charge in [0.05, 0.1) is 11.0 Å². The van der Waals surface area contributed by atoms with Gasteiger partial charge in [-0.15, -0.1) is 0 Å². The van der Waals surface area contributed by atoms with Gasteiger partial charge in [0.2, 0.25) is 0 Å². The van der Waals surface area contributed by atoms with Crippen molar-refractivity contribution in [3.63, 3.8) is 0 Å². The normalized spacial score (nSPS) is 11.7. The van der Waals surface area contributed by atoms with Gasteiger partial charge < -0.3 is 0 Å². The summed E-state index contributed by atoms with van der Waals surface area (Å²) in [6, 6.07) is 63.9. The second kappa shape index (κ2) is 11.3. The van der Waals surface area contributed by atoms with Crippen molar-refractivity contribution in [3.8, 4) is 39.3 Å². The van der Waals surface area contributed by atoms with E-state index in [0.29, 0.717) is 0 Å². The molecule has 1 aromatic heterocycles. The third-order valence-electron chi connectivity index (χ3n) is 10.2. The highest BCUT2D eigenvalue weighted by Crippen LogP contribution is 2.45. The highest BCUT2D eigenvalue weighted by Gasteiger charge is 2.22. The Morgan fingerprint density at radius 2 is 0.880 bits per heavy atom. The van der Waals surface area contributed by atoms with E-state index in [4.69, 9.17) is 4.98 Å². The Kier molecular flexibility index (Phi) is 6.43. The Bertz CT molecular complexity index is 2880. The van der Waals surface area contributed by atoms with Crippen LogP contribution >= 0.6 is 0 Å². The van der Waals surface area contributed by atoms with E-state index in [1.54, 1.807) is 0 Å². The molecular formula is C48H32N2. The van der Waals surface area contributed by atoms with Crippen LogP contribution in [0.5, 0.6) is 0 Å². The predicted octanol–water partition coefficient (Wildman–Crippen LogP) is 12.9. The Morgan fingerprint density at radius 1 is 0.400 bits per heavy atom. The maximum atomic E-state index is 5.32. The van der Waals surface area contributed by atoms with E-state index in [2.05, 4.69) is 187 Å².